The number of hydrogen-bond acceptors (Lipinski definition) is 4. The van der Waals surface area contributed by atoms with Crippen molar-refractivity contribution in [2.24, 2.45) is 0 Å². The Bertz CT molecular complexity index is 1230. The molecule has 1 saturated heterocycles. The molecule has 1 aromatic heterocycles. The summed E-state index contributed by atoms with van der Waals surface area (Å²) in [5, 5.41) is 4.85. The number of halogens is 3. The Kier molecular flexibility index (Phi) is 7.54. The Morgan fingerprint density at radius 2 is 1.71 bits per heavy atom. The minimum atomic E-state index is -4.25. The molecule has 0 amide bonds. The summed E-state index contributed by atoms with van der Waals surface area (Å²) in [4.78, 5) is 0.259. The van der Waals surface area contributed by atoms with Crippen LogP contribution >= 0.6 is 11.3 Å². The Balaban J connectivity index is 1.74. The summed E-state index contributed by atoms with van der Waals surface area (Å²) in [5.74, 6) is 0.128. The SMILES string of the molecule is Cc1c(N(CCCCC(F)(F)F)S(=O)(=O)c2ccccc2C2CCNCC2)sc2ccccc12. The molecule has 2 aromatic carbocycles. The standard InChI is InChI=1S/C25H29F3N2O2S2/c1-18-20-8-2-4-10-22(20)33-24(18)30(17-7-6-14-25(26,27)28)34(31,32)23-11-5-3-9-21(23)19-12-15-29-16-13-19/h2-5,8-11,19,29H,6-7,12-17H2,1H3. The van der Waals surface area contributed by atoms with Crippen molar-refractivity contribution in [2.45, 2.75) is 56.0 Å². The first-order chi connectivity index (χ1) is 16.2. The van der Waals surface area contributed by atoms with Crippen LogP contribution in [0.25, 0.3) is 10.1 Å². The molecule has 0 spiro atoms. The molecule has 184 valence electrons. The van der Waals surface area contributed by atoms with Gasteiger partial charge in [-0.1, -0.05) is 36.4 Å². The summed E-state index contributed by atoms with van der Waals surface area (Å²) in [6.07, 6.45) is -3.46. The van der Waals surface area contributed by atoms with Gasteiger partial charge in [-0.25, -0.2) is 8.42 Å². The second-order valence-electron chi connectivity index (χ2n) is 8.74. The smallest absolute Gasteiger partial charge is 0.317 e. The van der Waals surface area contributed by atoms with Crippen molar-refractivity contribution in [1.29, 1.82) is 0 Å². The molecule has 2 heterocycles. The highest BCUT2D eigenvalue weighted by molar-refractivity contribution is 7.93. The van der Waals surface area contributed by atoms with Gasteiger partial charge in [-0.05, 0) is 80.3 Å². The van der Waals surface area contributed by atoms with Crippen LogP contribution in [0.5, 0.6) is 0 Å². The number of fused-ring (bicyclic) bond motifs is 1. The number of alkyl halides is 3. The quantitative estimate of drug-likeness (QED) is 0.347. The molecule has 4 nitrogen and oxygen atoms in total. The van der Waals surface area contributed by atoms with Gasteiger partial charge in [0, 0.05) is 17.7 Å². The molecule has 3 aromatic rings. The third kappa shape index (κ3) is 5.42. The van der Waals surface area contributed by atoms with Gasteiger partial charge in [0.1, 0.15) is 5.00 Å². The van der Waals surface area contributed by atoms with Crippen LogP contribution in [0.3, 0.4) is 0 Å². The molecule has 0 bridgehead atoms. The average molecular weight is 511 g/mol. The number of hydrogen-bond donors (Lipinski definition) is 1. The fourth-order valence-corrected chi connectivity index (χ4v) is 7.91. The zero-order valence-electron chi connectivity index (χ0n) is 19.1. The van der Waals surface area contributed by atoms with E-state index in [0.717, 1.165) is 47.1 Å². The van der Waals surface area contributed by atoms with E-state index in [0.29, 0.717) is 5.00 Å². The summed E-state index contributed by atoms with van der Waals surface area (Å²) < 4.78 is 68.7. The van der Waals surface area contributed by atoms with Gasteiger partial charge in [0.05, 0.1) is 4.90 Å². The Hall–Kier alpha value is -2.10. The largest absolute Gasteiger partial charge is 0.389 e. The number of nitrogens with one attached hydrogen (secondary N) is 1. The first-order valence-corrected chi connectivity index (χ1v) is 13.8. The Morgan fingerprint density at radius 1 is 1.03 bits per heavy atom. The second kappa shape index (κ2) is 10.3. The lowest BCUT2D eigenvalue weighted by atomic mass is 9.90. The number of aryl methyl sites for hydroxylation is 1. The lowest BCUT2D eigenvalue weighted by Gasteiger charge is -2.29. The van der Waals surface area contributed by atoms with E-state index in [9.17, 15) is 21.6 Å². The number of anilines is 1. The van der Waals surface area contributed by atoms with Gasteiger partial charge in [-0.3, -0.25) is 4.31 Å². The van der Waals surface area contributed by atoms with Crippen molar-refractivity contribution in [3.8, 4) is 0 Å². The molecule has 0 aliphatic carbocycles. The van der Waals surface area contributed by atoms with E-state index >= 15 is 0 Å². The zero-order chi connectivity index (χ0) is 24.3. The van der Waals surface area contributed by atoms with E-state index in [1.807, 2.05) is 43.3 Å². The van der Waals surface area contributed by atoms with Crippen LogP contribution in [0.2, 0.25) is 0 Å². The highest BCUT2D eigenvalue weighted by Crippen LogP contribution is 2.41. The van der Waals surface area contributed by atoms with Crippen LogP contribution in [0.15, 0.2) is 53.4 Å². The molecule has 0 saturated carbocycles. The first kappa shape index (κ1) is 25.0. The molecule has 1 aliphatic heterocycles. The van der Waals surface area contributed by atoms with Crippen LogP contribution < -0.4 is 9.62 Å². The molecule has 0 unspecified atom stereocenters. The van der Waals surface area contributed by atoms with Crippen molar-refractivity contribution in [3.05, 3.63) is 59.7 Å². The highest BCUT2D eigenvalue weighted by Gasteiger charge is 2.33. The summed E-state index contributed by atoms with van der Waals surface area (Å²) >= 11 is 1.37. The van der Waals surface area contributed by atoms with Gasteiger partial charge in [-0.2, -0.15) is 13.2 Å². The van der Waals surface area contributed by atoms with Gasteiger partial charge in [0.15, 0.2) is 0 Å². The summed E-state index contributed by atoms with van der Waals surface area (Å²) in [6.45, 7) is 3.54. The Labute approximate surface area is 202 Å². The lowest BCUT2D eigenvalue weighted by molar-refractivity contribution is -0.135. The Morgan fingerprint density at radius 3 is 2.41 bits per heavy atom. The van der Waals surface area contributed by atoms with Crippen molar-refractivity contribution < 1.29 is 21.6 Å². The molecule has 1 N–H and O–H groups in total. The van der Waals surface area contributed by atoms with Gasteiger partial charge < -0.3 is 5.32 Å². The number of piperidine rings is 1. The minimum absolute atomic E-state index is 0.00658. The van der Waals surface area contributed by atoms with Gasteiger partial charge in [0.2, 0.25) is 0 Å². The molecule has 1 aliphatic rings. The third-order valence-corrected chi connectivity index (χ3v) is 9.67. The van der Waals surface area contributed by atoms with E-state index in [1.165, 1.54) is 15.6 Å². The van der Waals surface area contributed by atoms with Crippen LogP contribution in [0.1, 0.15) is 49.1 Å². The summed E-state index contributed by atoms with van der Waals surface area (Å²) in [6, 6.07) is 14.8. The van der Waals surface area contributed by atoms with Crippen molar-refractivity contribution in [3.63, 3.8) is 0 Å². The number of nitrogens with zero attached hydrogens (tertiary/aromatic N) is 1. The average Bonchev–Trinajstić information content (AvgIpc) is 3.15. The van der Waals surface area contributed by atoms with Gasteiger partial charge in [-0.15, -0.1) is 11.3 Å². The van der Waals surface area contributed by atoms with E-state index in [2.05, 4.69) is 5.32 Å². The van der Waals surface area contributed by atoms with Crippen molar-refractivity contribution in [1.82, 2.24) is 5.32 Å². The summed E-state index contributed by atoms with van der Waals surface area (Å²) in [5.41, 5.74) is 1.63. The second-order valence-corrected chi connectivity index (χ2v) is 11.6. The number of benzene rings is 2. The van der Waals surface area contributed by atoms with E-state index in [4.69, 9.17) is 0 Å². The minimum Gasteiger partial charge on any atom is -0.317 e. The monoisotopic (exact) mass is 510 g/mol. The molecule has 1 fully saturated rings. The van der Waals surface area contributed by atoms with Crippen LogP contribution in [0, 0.1) is 6.92 Å². The van der Waals surface area contributed by atoms with Crippen LogP contribution in [-0.4, -0.2) is 34.2 Å². The normalized spacial score (nSPS) is 15.6. The highest BCUT2D eigenvalue weighted by atomic mass is 32.2. The predicted molar refractivity (Wildman–Crippen MR) is 132 cm³/mol. The van der Waals surface area contributed by atoms with E-state index < -0.39 is 22.6 Å². The number of unbranched alkanes of at least 4 members (excludes halogenated alkanes) is 1. The maximum Gasteiger partial charge on any atom is 0.389 e. The fraction of sp³-hybridized carbons (Fsp3) is 0.440. The zero-order valence-corrected chi connectivity index (χ0v) is 20.7. The molecular weight excluding hydrogens is 481 g/mol. The first-order valence-electron chi connectivity index (χ1n) is 11.6. The number of rotatable bonds is 8. The summed E-state index contributed by atoms with van der Waals surface area (Å²) in [7, 11) is -3.98. The van der Waals surface area contributed by atoms with Gasteiger partial charge >= 0.3 is 6.18 Å². The van der Waals surface area contributed by atoms with Crippen LogP contribution in [0.4, 0.5) is 18.2 Å². The molecule has 34 heavy (non-hydrogen) atoms. The molecule has 9 heteroatoms. The maximum absolute atomic E-state index is 14.1. The van der Waals surface area contributed by atoms with Gasteiger partial charge in [0.25, 0.3) is 10.0 Å². The molecular formula is C25H29F3N2O2S2. The number of thiophene rings is 1. The fourth-order valence-electron chi connectivity index (χ4n) is 4.62. The lowest BCUT2D eigenvalue weighted by Crippen LogP contribution is -2.34. The number of sulfonamides is 1. The molecule has 0 atom stereocenters. The van der Waals surface area contributed by atoms with Crippen molar-refractivity contribution >= 4 is 36.4 Å². The van der Waals surface area contributed by atoms with E-state index in [1.54, 1.807) is 12.1 Å². The van der Waals surface area contributed by atoms with Crippen molar-refractivity contribution in [2.75, 3.05) is 23.9 Å². The topological polar surface area (TPSA) is 49.4 Å². The third-order valence-electron chi connectivity index (χ3n) is 6.38. The molecule has 4 rings (SSSR count). The van der Waals surface area contributed by atoms with Crippen LogP contribution in [-0.2, 0) is 10.0 Å². The predicted octanol–water partition coefficient (Wildman–Crippen LogP) is 6.60. The molecule has 0 radical (unpaired) electrons. The van der Waals surface area contributed by atoms with E-state index in [-0.39, 0.29) is 30.2 Å². The maximum atomic E-state index is 14.1.